The number of nitrogens with zero attached hydrogens (tertiary/aromatic N) is 2. The number of fused-ring (bicyclic) bond motifs is 2. The fraction of sp³-hybridized carbons (Fsp3) is 0.250. The molecule has 1 aliphatic rings. The van der Waals surface area contributed by atoms with Gasteiger partial charge in [-0.1, -0.05) is 6.07 Å². The second kappa shape index (κ2) is 6.72. The topological polar surface area (TPSA) is 87.1 Å². The third kappa shape index (κ3) is 3.23. The standard InChI is InChI=1S/C20H20N4O2/c1-12-10-17(19-16(22-12)5-3-9-21-19)24-20(26)23-14-7-8-15-13(11-14)4-2-6-18(15)25/h3,5,7-11,18,25H,2,4,6H2,1H3,(H2,22,23,24,26). The summed E-state index contributed by atoms with van der Waals surface area (Å²) in [7, 11) is 0. The van der Waals surface area contributed by atoms with Crippen LogP contribution in [0.1, 0.15) is 35.8 Å². The SMILES string of the molecule is Cc1cc(NC(=O)Nc2ccc3c(c2)CCCC3O)c2ncccc2n1. The van der Waals surface area contributed by atoms with Crippen LogP contribution in [0.5, 0.6) is 0 Å². The van der Waals surface area contributed by atoms with Gasteiger partial charge in [0.15, 0.2) is 0 Å². The lowest BCUT2D eigenvalue weighted by molar-refractivity contribution is 0.156. The van der Waals surface area contributed by atoms with Gasteiger partial charge in [-0.3, -0.25) is 9.97 Å². The van der Waals surface area contributed by atoms with Gasteiger partial charge in [0.2, 0.25) is 0 Å². The number of urea groups is 1. The Morgan fingerprint density at radius 2 is 2.12 bits per heavy atom. The zero-order chi connectivity index (χ0) is 18.1. The van der Waals surface area contributed by atoms with E-state index in [2.05, 4.69) is 20.6 Å². The number of amides is 2. The molecule has 3 aromatic rings. The molecule has 4 rings (SSSR count). The molecule has 1 unspecified atom stereocenters. The zero-order valence-corrected chi connectivity index (χ0v) is 14.5. The molecule has 1 atom stereocenters. The Morgan fingerprint density at radius 3 is 3.00 bits per heavy atom. The van der Waals surface area contributed by atoms with Gasteiger partial charge >= 0.3 is 6.03 Å². The Bertz CT molecular complexity index is 987. The second-order valence-electron chi connectivity index (χ2n) is 6.58. The van der Waals surface area contributed by atoms with Gasteiger partial charge < -0.3 is 15.7 Å². The maximum Gasteiger partial charge on any atom is 0.323 e. The quantitative estimate of drug-likeness (QED) is 0.654. The lowest BCUT2D eigenvalue weighted by Crippen LogP contribution is -2.20. The van der Waals surface area contributed by atoms with Crippen molar-refractivity contribution in [1.29, 1.82) is 0 Å². The summed E-state index contributed by atoms with van der Waals surface area (Å²) in [6.07, 6.45) is 3.94. The van der Waals surface area contributed by atoms with E-state index in [1.165, 1.54) is 0 Å². The van der Waals surface area contributed by atoms with Crippen molar-refractivity contribution >= 4 is 28.4 Å². The molecule has 0 spiro atoms. The lowest BCUT2D eigenvalue weighted by Gasteiger charge is -2.22. The Labute approximate surface area is 151 Å². The van der Waals surface area contributed by atoms with Gasteiger partial charge in [0.1, 0.15) is 5.52 Å². The van der Waals surface area contributed by atoms with E-state index in [4.69, 9.17) is 0 Å². The molecule has 0 bridgehead atoms. The molecule has 0 saturated heterocycles. The van der Waals surface area contributed by atoms with Crippen molar-refractivity contribution in [1.82, 2.24) is 9.97 Å². The third-order valence-electron chi connectivity index (χ3n) is 4.62. The summed E-state index contributed by atoms with van der Waals surface area (Å²) in [4.78, 5) is 21.2. The number of hydrogen-bond acceptors (Lipinski definition) is 4. The molecular formula is C20H20N4O2. The van der Waals surface area contributed by atoms with Crippen LogP contribution in [0.2, 0.25) is 0 Å². The monoisotopic (exact) mass is 348 g/mol. The number of benzene rings is 1. The normalized spacial score (nSPS) is 16.2. The van der Waals surface area contributed by atoms with Crippen molar-refractivity contribution in [3.8, 4) is 0 Å². The van der Waals surface area contributed by atoms with E-state index in [0.29, 0.717) is 16.9 Å². The predicted octanol–water partition coefficient (Wildman–Crippen LogP) is 3.95. The number of rotatable bonds is 2. The summed E-state index contributed by atoms with van der Waals surface area (Å²) in [6, 6.07) is 10.8. The van der Waals surface area contributed by atoms with Gasteiger partial charge in [-0.25, -0.2) is 4.79 Å². The number of aromatic nitrogens is 2. The van der Waals surface area contributed by atoms with Gasteiger partial charge in [-0.2, -0.15) is 0 Å². The van der Waals surface area contributed by atoms with Gasteiger partial charge in [0.25, 0.3) is 0 Å². The first-order chi connectivity index (χ1) is 12.6. The number of pyridine rings is 2. The fourth-order valence-electron chi connectivity index (χ4n) is 3.44. The van der Waals surface area contributed by atoms with E-state index in [0.717, 1.165) is 41.6 Å². The fourth-order valence-corrected chi connectivity index (χ4v) is 3.44. The second-order valence-corrected chi connectivity index (χ2v) is 6.58. The molecule has 6 heteroatoms. The van der Waals surface area contributed by atoms with E-state index >= 15 is 0 Å². The summed E-state index contributed by atoms with van der Waals surface area (Å²) >= 11 is 0. The summed E-state index contributed by atoms with van der Waals surface area (Å²) in [5, 5.41) is 15.8. The van der Waals surface area contributed by atoms with Crippen molar-refractivity contribution in [3.05, 3.63) is 59.4 Å². The number of carbonyl (C=O) groups is 1. The van der Waals surface area contributed by atoms with Crippen LogP contribution in [0.4, 0.5) is 16.2 Å². The van der Waals surface area contributed by atoms with E-state index in [1.807, 2.05) is 37.3 Å². The molecule has 0 fully saturated rings. The minimum absolute atomic E-state index is 0.334. The summed E-state index contributed by atoms with van der Waals surface area (Å²) in [5.74, 6) is 0. The molecule has 0 saturated carbocycles. The molecule has 0 radical (unpaired) electrons. The first kappa shape index (κ1) is 16.5. The van der Waals surface area contributed by atoms with Crippen molar-refractivity contribution in [2.45, 2.75) is 32.3 Å². The lowest BCUT2D eigenvalue weighted by atomic mass is 9.89. The molecule has 1 aromatic carbocycles. The summed E-state index contributed by atoms with van der Waals surface area (Å²) in [6.45, 7) is 1.88. The number of carbonyl (C=O) groups excluding carboxylic acids is 1. The van der Waals surface area contributed by atoms with Crippen LogP contribution >= 0.6 is 0 Å². The van der Waals surface area contributed by atoms with E-state index < -0.39 is 6.10 Å². The average Bonchev–Trinajstić information content (AvgIpc) is 2.61. The Balaban J connectivity index is 1.55. The van der Waals surface area contributed by atoms with Gasteiger partial charge in [0, 0.05) is 17.6 Å². The number of aliphatic hydroxyl groups is 1. The van der Waals surface area contributed by atoms with Gasteiger partial charge in [0.05, 0.1) is 17.3 Å². The van der Waals surface area contributed by atoms with Gasteiger partial charge in [-0.15, -0.1) is 0 Å². The predicted molar refractivity (Wildman–Crippen MR) is 101 cm³/mol. The number of anilines is 2. The smallest absolute Gasteiger partial charge is 0.323 e. The van der Waals surface area contributed by atoms with E-state index in [9.17, 15) is 9.90 Å². The van der Waals surface area contributed by atoms with E-state index in [1.54, 1.807) is 12.3 Å². The summed E-state index contributed by atoms with van der Waals surface area (Å²) < 4.78 is 0. The zero-order valence-electron chi connectivity index (χ0n) is 14.5. The summed E-state index contributed by atoms with van der Waals surface area (Å²) in [5.41, 5.74) is 5.59. The highest BCUT2D eigenvalue weighted by Gasteiger charge is 2.18. The first-order valence-electron chi connectivity index (χ1n) is 8.71. The third-order valence-corrected chi connectivity index (χ3v) is 4.62. The van der Waals surface area contributed by atoms with Crippen LogP contribution in [0, 0.1) is 6.92 Å². The van der Waals surface area contributed by atoms with Crippen LogP contribution < -0.4 is 10.6 Å². The van der Waals surface area contributed by atoms with Crippen molar-refractivity contribution in [2.75, 3.05) is 10.6 Å². The molecule has 132 valence electrons. The van der Waals surface area contributed by atoms with Crippen LogP contribution in [-0.2, 0) is 6.42 Å². The molecular weight excluding hydrogens is 328 g/mol. The molecule has 1 aliphatic carbocycles. The molecule has 0 aliphatic heterocycles. The van der Waals surface area contributed by atoms with Gasteiger partial charge in [-0.05, 0) is 67.6 Å². The highest BCUT2D eigenvalue weighted by atomic mass is 16.3. The first-order valence-corrected chi connectivity index (χ1v) is 8.71. The highest BCUT2D eigenvalue weighted by molar-refractivity contribution is 6.04. The minimum atomic E-state index is -0.404. The molecule has 26 heavy (non-hydrogen) atoms. The highest BCUT2D eigenvalue weighted by Crippen LogP contribution is 2.31. The maximum absolute atomic E-state index is 12.4. The number of nitrogens with one attached hydrogen (secondary N) is 2. The maximum atomic E-state index is 12.4. The number of hydrogen-bond donors (Lipinski definition) is 3. The van der Waals surface area contributed by atoms with Crippen molar-refractivity contribution in [3.63, 3.8) is 0 Å². The van der Waals surface area contributed by atoms with Crippen LogP contribution in [0.15, 0.2) is 42.6 Å². The minimum Gasteiger partial charge on any atom is -0.388 e. The molecule has 2 amide bonds. The van der Waals surface area contributed by atoms with E-state index in [-0.39, 0.29) is 6.03 Å². The van der Waals surface area contributed by atoms with Crippen LogP contribution in [0.3, 0.4) is 0 Å². The van der Waals surface area contributed by atoms with Crippen molar-refractivity contribution < 1.29 is 9.90 Å². The molecule has 2 heterocycles. The number of aliphatic hydroxyl groups excluding tert-OH is 1. The Kier molecular flexibility index (Phi) is 4.26. The Hall–Kier alpha value is -2.99. The van der Waals surface area contributed by atoms with Crippen LogP contribution in [0.25, 0.3) is 11.0 Å². The molecule has 3 N–H and O–H groups in total. The average molecular weight is 348 g/mol. The number of aryl methyl sites for hydroxylation is 2. The Morgan fingerprint density at radius 1 is 1.23 bits per heavy atom. The van der Waals surface area contributed by atoms with Crippen molar-refractivity contribution in [2.24, 2.45) is 0 Å². The largest absolute Gasteiger partial charge is 0.388 e. The molecule has 2 aromatic heterocycles. The van der Waals surface area contributed by atoms with Crippen LogP contribution in [-0.4, -0.2) is 21.1 Å². The molecule has 6 nitrogen and oxygen atoms in total.